The summed E-state index contributed by atoms with van der Waals surface area (Å²) >= 11 is 4.93. The van der Waals surface area contributed by atoms with E-state index in [1.165, 1.54) is 85.9 Å². The summed E-state index contributed by atoms with van der Waals surface area (Å²) in [5.74, 6) is 0. The molecule has 33 heavy (non-hydrogen) atoms. The highest BCUT2D eigenvalue weighted by atomic mass is 127. The van der Waals surface area contributed by atoms with Crippen LogP contribution in [-0.2, 0) is 14.2 Å². The molecule has 0 aromatic heterocycles. The molecule has 0 saturated carbocycles. The standard InChI is InChI=1S/C28H52I2O3/c1-3-31-27(23-19-15-11-7-5-9-13-17-21-25-29)33-28(32-4-2)24-20-16-12-8-6-10-14-18-22-26-30/h11-12,15-16,27-28H,3-10,13-14,17-26H2,1-2H3. The lowest BCUT2D eigenvalue weighted by Gasteiger charge is -2.24. The van der Waals surface area contributed by atoms with E-state index >= 15 is 0 Å². The van der Waals surface area contributed by atoms with Crippen molar-refractivity contribution < 1.29 is 14.2 Å². The molecule has 5 heteroatoms. The van der Waals surface area contributed by atoms with Crippen LogP contribution in [0.5, 0.6) is 0 Å². The van der Waals surface area contributed by atoms with Crippen LogP contribution in [0.1, 0.15) is 117 Å². The van der Waals surface area contributed by atoms with E-state index in [2.05, 4.69) is 69.5 Å². The van der Waals surface area contributed by atoms with E-state index in [1.54, 1.807) is 0 Å². The van der Waals surface area contributed by atoms with Crippen LogP contribution in [0.15, 0.2) is 24.3 Å². The molecular weight excluding hydrogens is 638 g/mol. The Hall–Kier alpha value is 0.820. The molecule has 0 aliphatic carbocycles. The summed E-state index contributed by atoms with van der Waals surface area (Å²) in [5, 5.41) is 0. The van der Waals surface area contributed by atoms with Gasteiger partial charge in [0, 0.05) is 26.1 Å². The summed E-state index contributed by atoms with van der Waals surface area (Å²) < 4.78 is 20.5. The predicted molar refractivity (Wildman–Crippen MR) is 162 cm³/mol. The van der Waals surface area contributed by atoms with Gasteiger partial charge in [0.25, 0.3) is 0 Å². The molecule has 0 N–H and O–H groups in total. The van der Waals surface area contributed by atoms with E-state index in [-0.39, 0.29) is 12.6 Å². The van der Waals surface area contributed by atoms with Gasteiger partial charge in [-0.3, -0.25) is 0 Å². The van der Waals surface area contributed by atoms with Gasteiger partial charge in [-0.1, -0.05) is 108 Å². The smallest absolute Gasteiger partial charge is 0.161 e. The quantitative estimate of drug-likeness (QED) is 0.0298. The highest BCUT2D eigenvalue weighted by Crippen LogP contribution is 2.15. The Labute approximate surface area is 233 Å². The molecule has 0 rings (SSSR count). The molecule has 2 atom stereocenters. The molecule has 196 valence electrons. The molecule has 0 bridgehead atoms. The van der Waals surface area contributed by atoms with Crippen LogP contribution >= 0.6 is 45.2 Å². The lowest BCUT2D eigenvalue weighted by atomic mass is 10.1. The number of halogens is 2. The van der Waals surface area contributed by atoms with E-state index in [1.807, 2.05) is 13.8 Å². The number of hydrogen-bond acceptors (Lipinski definition) is 3. The van der Waals surface area contributed by atoms with Gasteiger partial charge in [0.1, 0.15) is 0 Å². The van der Waals surface area contributed by atoms with Gasteiger partial charge in [0.05, 0.1) is 0 Å². The molecule has 0 aliphatic rings. The Kier molecular flexibility index (Phi) is 29.8. The first-order chi connectivity index (χ1) is 16.3. The van der Waals surface area contributed by atoms with Gasteiger partial charge in [0.2, 0.25) is 0 Å². The second-order valence-corrected chi connectivity index (χ2v) is 10.7. The molecule has 0 amide bonds. The molecule has 0 saturated heterocycles. The number of ether oxygens (including phenoxy) is 3. The van der Waals surface area contributed by atoms with E-state index in [0.29, 0.717) is 13.2 Å². The van der Waals surface area contributed by atoms with Crippen molar-refractivity contribution >= 4 is 45.2 Å². The van der Waals surface area contributed by atoms with Crippen LogP contribution in [0.25, 0.3) is 0 Å². The Morgan fingerprint density at radius 3 is 1.27 bits per heavy atom. The van der Waals surface area contributed by atoms with Crippen molar-refractivity contribution in [3.05, 3.63) is 24.3 Å². The normalized spacial score (nSPS) is 13.9. The lowest BCUT2D eigenvalue weighted by molar-refractivity contribution is -0.246. The van der Waals surface area contributed by atoms with E-state index in [9.17, 15) is 0 Å². The Morgan fingerprint density at radius 2 is 0.879 bits per heavy atom. The predicted octanol–water partition coefficient (Wildman–Crippen LogP) is 9.95. The summed E-state index contributed by atoms with van der Waals surface area (Å²) in [5.41, 5.74) is 0. The van der Waals surface area contributed by atoms with Crippen molar-refractivity contribution in [2.24, 2.45) is 0 Å². The van der Waals surface area contributed by atoms with Gasteiger partial charge in [-0.05, 0) is 74.1 Å². The van der Waals surface area contributed by atoms with Crippen molar-refractivity contribution in [3.63, 3.8) is 0 Å². The second kappa shape index (κ2) is 29.1. The number of unbranched alkanes of at least 4 members (excludes halogenated alkanes) is 10. The summed E-state index contributed by atoms with van der Waals surface area (Å²) in [4.78, 5) is 0. The number of alkyl halides is 2. The first-order valence-electron chi connectivity index (χ1n) is 13.6. The Morgan fingerprint density at radius 1 is 0.515 bits per heavy atom. The largest absolute Gasteiger partial charge is 0.353 e. The molecule has 0 aliphatic heterocycles. The molecular formula is C28H52I2O3. The minimum atomic E-state index is -0.184. The van der Waals surface area contributed by atoms with Crippen LogP contribution < -0.4 is 0 Å². The Balaban J connectivity index is 4.03. The zero-order valence-corrected chi connectivity index (χ0v) is 25.9. The average Bonchev–Trinajstić information content (AvgIpc) is 2.81. The summed E-state index contributed by atoms with van der Waals surface area (Å²) in [6.07, 6.45) is 28.6. The highest BCUT2D eigenvalue weighted by molar-refractivity contribution is 14.1. The fraction of sp³-hybridized carbons (Fsp3) is 0.857. The highest BCUT2D eigenvalue weighted by Gasteiger charge is 2.16. The van der Waals surface area contributed by atoms with Crippen LogP contribution in [0, 0.1) is 0 Å². The fourth-order valence-corrected chi connectivity index (χ4v) is 4.71. The molecule has 2 unspecified atom stereocenters. The van der Waals surface area contributed by atoms with Gasteiger partial charge >= 0.3 is 0 Å². The number of hydrogen-bond donors (Lipinski definition) is 0. The third kappa shape index (κ3) is 25.7. The van der Waals surface area contributed by atoms with Gasteiger partial charge in [-0.25, -0.2) is 0 Å². The molecule has 0 radical (unpaired) electrons. The summed E-state index contributed by atoms with van der Waals surface area (Å²) in [7, 11) is 0. The first kappa shape index (κ1) is 33.8. The molecule has 3 nitrogen and oxygen atoms in total. The fourth-order valence-electron chi connectivity index (χ4n) is 3.63. The Bertz CT molecular complexity index is 391. The maximum Gasteiger partial charge on any atom is 0.161 e. The summed E-state index contributed by atoms with van der Waals surface area (Å²) in [6, 6.07) is 0. The van der Waals surface area contributed by atoms with E-state index in [4.69, 9.17) is 14.2 Å². The summed E-state index contributed by atoms with van der Waals surface area (Å²) in [6.45, 7) is 5.40. The maximum absolute atomic E-state index is 6.18. The van der Waals surface area contributed by atoms with Gasteiger partial charge < -0.3 is 14.2 Å². The van der Waals surface area contributed by atoms with Crippen molar-refractivity contribution in [1.29, 1.82) is 0 Å². The average molecular weight is 691 g/mol. The number of allylic oxidation sites excluding steroid dienone is 4. The third-order valence-corrected chi connectivity index (χ3v) is 7.01. The van der Waals surface area contributed by atoms with Gasteiger partial charge in [-0.15, -0.1) is 0 Å². The van der Waals surface area contributed by atoms with Crippen LogP contribution in [0.4, 0.5) is 0 Å². The SMILES string of the molecule is CCOC(CCC=CCCCCCCCI)OC(CCC=CCCCCCCCI)OCC. The molecule has 0 fully saturated rings. The van der Waals surface area contributed by atoms with E-state index < -0.39 is 0 Å². The van der Waals surface area contributed by atoms with Gasteiger partial charge in [0.15, 0.2) is 12.6 Å². The van der Waals surface area contributed by atoms with Crippen molar-refractivity contribution in [2.75, 3.05) is 22.1 Å². The van der Waals surface area contributed by atoms with Crippen molar-refractivity contribution in [1.82, 2.24) is 0 Å². The minimum absolute atomic E-state index is 0.184. The molecule has 0 spiro atoms. The van der Waals surface area contributed by atoms with Crippen molar-refractivity contribution in [2.45, 2.75) is 129 Å². The second-order valence-electron chi connectivity index (χ2n) is 8.49. The third-order valence-electron chi connectivity index (χ3n) is 5.49. The lowest BCUT2D eigenvalue weighted by Crippen LogP contribution is -2.27. The van der Waals surface area contributed by atoms with Crippen molar-refractivity contribution in [3.8, 4) is 0 Å². The first-order valence-corrected chi connectivity index (χ1v) is 16.6. The monoisotopic (exact) mass is 690 g/mol. The zero-order valence-electron chi connectivity index (χ0n) is 21.6. The maximum atomic E-state index is 6.18. The number of rotatable bonds is 26. The molecule has 0 heterocycles. The minimum Gasteiger partial charge on any atom is -0.353 e. The topological polar surface area (TPSA) is 27.7 Å². The van der Waals surface area contributed by atoms with Gasteiger partial charge in [-0.2, -0.15) is 0 Å². The van der Waals surface area contributed by atoms with Crippen LogP contribution in [0.2, 0.25) is 0 Å². The molecule has 0 aromatic rings. The zero-order chi connectivity index (χ0) is 24.2. The van der Waals surface area contributed by atoms with Crippen LogP contribution in [-0.4, -0.2) is 34.6 Å². The molecule has 0 aromatic carbocycles. The van der Waals surface area contributed by atoms with E-state index in [0.717, 1.165) is 25.7 Å². The van der Waals surface area contributed by atoms with Crippen LogP contribution in [0.3, 0.4) is 0 Å².